The quantitative estimate of drug-likeness (QED) is 0.755. The molecule has 0 bridgehead atoms. The van der Waals surface area contributed by atoms with E-state index in [4.69, 9.17) is 27.9 Å². The van der Waals surface area contributed by atoms with Gasteiger partial charge in [0.2, 0.25) is 0 Å². The second-order valence-electron chi connectivity index (χ2n) is 6.33. The van der Waals surface area contributed by atoms with Gasteiger partial charge in [0.15, 0.2) is 5.60 Å². The number of esters is 1. The van der Waals surface area contributed by atoms with Crippen molar-refractivity contribution in [2.75, 3.05) is 7.05 Å². The highest BCUT2D eigenvalue weighted by atomic mass is 35.5. The summed E-state index contributed by atoms with van der Waals surface area (Å²) in [5.74, 6) is -0.765. The Bertz CT molecular complexity index is 852. The number of likely N-dealkylation sites (N-methyl/N-ethyl adjacent to an activating group) is 1. The van der Waals surface area contributed by atoms with Crippen LogP contribution in [-0.4, -0.2) is 29.4 Å². The molecule has 1 aliphatic rings. The maximum atomic E-state index is 12.9. The number of carbonyl (C=O) groups is 2. The van der Waals surface area contributed by atoms with Crippen LogP contribution in [0.1, 0.15) is 28.4 Å². The average Bonchev–Trinajstić information content (AvgIpc) is 2.58. The summed E-state index contributed by atoms with van der Waals surface area (Å²) >= 11 is 12.2. The van der Waals surface area contributed by atoms with Crippen LogP contribution < -0.4 is 0 Å². The lowest BCUT2D eigenvalue weighted by Gasteiger charge is -2.36. The highest BCUT2D eigenvalue weighted by Crippen LogP contribution is 2.31. The minimum absolute atomic E-state index is 0.271. The van der Waals surface area contributed by atoms with Crippen LogP contribution in [0.4, 0.5) is 0 Å². The molecule has 1 unspecified atom stereocenters. The predicted molar refractivity (Wildman–Crippen MR) is 96.9 cm³/mol. The fourth-order valence-corrected chi connectivity index (χ4v) is 3.43. The van der Waals surface area contributed by atoms with Crippen LogP contribution in [0.3, 0.4) is 0 Å². The molecule has 0 aliphatic carbocycles. The van der Waals surface area contributed by atoms with Crippen molar-refractivity contribution in [3.63, 3.8) is 0 Å². The van der Waals surface area contributed by atoms with Gasteiger partial charge in [-0.3, -0.25) is 4.79 Å². The lowest BCUT2D eigenvalue weighted by molar-refractivity contribution is -0.150. The van der Waals surface area contributed by atoms with Gasteiger partial charge in [0.05, 0.1) is 15.6 Å². The second kappa shape index (κ2) is 6.70. The van der Waals surface area contributed by atoms with E-state index in [9.17, 15) is 9.59 Å². The molecule has 0 radical (unpaired) electrons. The fraction of sp³-hybridized carbons (Fsp3) is 0.263. The van der Waals surface area contributed by atoms with E-state index in [0.717, 1.165) is 11.1 Å². The number of hydrogen-bond donors (Lipinski definition) is 0. The largest absolute Gasteiger partial charge is 0.445 e. The number of rotatable bonds is 3. The Kier molecular flexibility index (Phi) is 4.76. The minimum atomic E-state index is -1.24. The van der Waals surface area contributed by atoms with Gasteiger partial charge >= 0.3 is 5.97 Å². The molecule has 4 nitrogen and oxygen atoms in total. The molecule has 0 saturated heterocycles. The summed E-state index contributed by atoms with van der Waals surface area (Å²) in [5, 5.41) is 0.851. The molecular weight excluding hydrogens is 361 g/mol. The van der Waals surface area contributed by atoms with Crippen molar-refractivity contribution in [2.24, 2.45) is 0 Å². The standard InChI is InChI=1S/C19H17Cl2NO3/c1-19(10-12-6-3-4-8-14(12)17(23)25-19)18(24)22(2)11-13-7-5-9-15(20)16(13)21/h3-9H,10-11H2,1-2H3. The molecule has 1 heterocycles. The Morgan fingerprint density at radius 2 is 1.92 bits per heavy atom. The van der Waals surface area contributed by atoms with Crippen molar-refractivity contribution >= 4 is 35.1 Å². The van der Waals surface area contributed by atoms with E-state index in [1.165, 1.54) is 4.90 Å². The monoisotopic (exact) mass is 377 g/mol. The van der Waals surface area contributed by atoms with E-state index in [1.54, 1.807) is 38.2 Å². The number of hydrogen-bond acceptors (Lipinski definition) is 3. The summed E-state index contributed by atoms with van der Waals surface area (Å²) in [6, 6.07) is 12.4. The van der Waals surface area contributed by atoms with Crippen molar-refractivity contribution in [1.82, 2.24) is 4.90 Å². The summed E-state index contributed by atoms with van der Waals surface area (Å²) in [7, 11) is 1.65. The smallest absolute Gasteiger partial charge is 0.339 e. The zero-order valence-electron chi connectivity index (χ0n) is 13.9. The first-order chi connectivity index (χ1) is 11.8. The first-order valence-corrected chi connectivity index (χ1v) is 8.57. The van der Waals surface area contributed by atoms with Gasteiger partial charge in [-0.15, -0.1) is 0 Å². The summed E-state index contributed by atoms with van der Waals surface area (Å²) < 4.78 is 5.49. The van der Waals surface area contributed by atoms with E-state index in [0.29, 0.717) is 22.0 Å². The molecule has 0 saturated carbocycles. The normalized spacial score (nSPS) is 19.1. The molecule has 2 aromatic rings. The number of ether oxygens (including phenoxy) is 1. The summed E-state index contributed by atoms with van der Waals surface area (Å²) in [5.41, 5.74) is 0.805. The number of benzene rings is 2. The van der Waals surface area contributed by atoms with Gasteiger partial charge in [0, 0.05) is 20.0 Å². The number of carbonyl (C=O) groups excluding carboxylic acids is 2. The number of fused-ring (bicyclic) bond motifs is 1. The first kappa shape index (κ1) is 17.8. The number of amides is 1. The van der Waals surface area contributed by atoms with Crippen molar-refractivity contribution in [1.29, 1.82) is 0 Å². The predicted octanol–water partition coefficient (Wildman–Crippen LogP) is 4.12. The molecule has 0 spiro atoms. The van der Waals surface area contributed by atoms with Crippen molar-refractivity contribution < 1.29 is 14.3 Å². The molecule has 25 heavy (non-hydrogen) atoms. The van der Waals surface area contributed by atoms with Gasteiger partial charge in [-0.2, -0.15) is 0 Å². The van der Waals surface area contributed by atoms with Gasteiger partial charge < -0.3 is 9.64 Å². The third-order valence-corrected chi connectivity index (χ3v) is 5.18. The molecule has 1 amide bonds. The van der Waals surface area contributed by atoms with Crippen LogP contribution in [0, 0.1) is 0 Å². The van der Waals surface area contributed by atoms with Crippen LogP contribution in [0.15, 0.2) is 42.5 Å². The molecule has 1 atom stereocenters. The second-order valence-corrected chi connectivity index (χ2v) is 7.11. The first-order valence-electron chi connectivity index (χ1n) is 7.81. The third-order valence-electron chi connectivity index (χ3n) is 4.32. The SMILES string of the molecule is CN(Cc1cccc(Cl)c1Cl)C(=O)C1(C)Cc2ccccc2C(=O)O1. The zero-order chi connectivity index (χ0) is 18.2. The molecule has 0 fully saturated rings. The number of halogens is 2. The van der Waals surface area contributed by atoms with Crippen molar-refractivity contribution in [3.8, 4) is 0 Å². The van der Waals surface area contributed by atoms with Crippen LogP contribution in [-0.2, 0) is 22.5 Å². The summed E-state index contributed by atoms with van der Waals surface area (Å²) in [6.45, 7) is 1.91. The molecule has 0 N–H and O–H groups in total. The Balaban J connectivity index is 1.83. The summed E-state index contributed by atoms with van der Waals surface area (Å²) in [4.78, 5) is 26.7. The van der Waals surface area contributed by atoms with E-state index in [2.05, 4.69) is 0 Å². The Labute approximate surface area is 156 Å². The van der Waals surface area contributed by atoms with Crippen LogP contribution in [0.2, 0.25) is 10.0 Å². The van der Waals surface area contributed by atoms with Crippen LogP contribution in [0.5, 0.6) is 0 Å². The Morgan fingerprint density at radius 3 is 2.68 bits per heavy atom. The molecule has 1 aliphatic heterocycles. The highest BCUT2D eigenvalue weighted by Gasteiger charge is 2.44. The van der Waals surface area contributed by atoms with Gasteiger partial charge in [-0.05, 0) is 30.2 Å². The van der Waals surface area contributed by atoms with E-state index < -0.39 is 11.6 Å². The molecule has 2 aromatic carbocycles. The van der Waals surface area contributed by atoms with Gasteiger partial charge in [-0.1, -0.05) is 53.5 Å². The molecule has 3 rings (SSSR count). The van der Waals surface area contributed by atoms with Gasteiger partial charge in [0.1, 0.15) is 0 Å². The Hall–Kier alpha value is -2.04. The van der Waals surface area contributed by atoms with Crippen molar-refractivity contribution in [3.05, 3.63) is 69.2 Å². The van der Waals surface area contributed by atoms with E-state index in [1.807, 2.05) is 18.2 Å². The average molecular weight is 378 g/mol. The van der Waals surface area contributed by atoms with Gasteiger partial charge in [0.25, 0.3) is 5.91 Å². The highest BCUT2D eigenvalue weighted by molar-refractivity contribution is 6.42. The molecular formula is C19H17Cl2NO3. The maximum absolute atomic E-state index is 12.9. The van der Waals surface area contributed by atoms with E-state index in [-0.39, 0.29) is 12.5 Å². The molecule has 0 aromatic heterocycles. The van der Waals surface area contributed by atoms with Crippen LogP contribution in [0.25, 0.3) is 0 Å². The topological polar surface area (TPSA) is 46.6 Å². The minimum Gasteiger partial charge on any atom is -0.445 e. The van der Waals surface area contributed by atoms with Crippen molar-refractivity contribution in [2.45, 2.75) is 25.5 Å². The lowest BCUT2D eigenvalue weighted by Crippen LogP contribution is -2.51. The molecule has 6 heteroatoms. The number of cyclic esters (lactones) is 1. The number of nitrogens with zero attached hydrogens (tertiary/aromatic N) is 1. The van der Waals surface area contributed by atoms with E-state index >= 15 is 0 Å². The maximum Gasteiger partial charge on any atom is 0.339 e. The Morgan fingerprint density at radius 1 is 1.20 bits per heavy atom. The third kappa shape index (κ3) is 3.37. The molecule has 130 valence electrons. The zero-order valence-corrected chi connectivity index (χ0v) is 15.4. The fourth-order valence-electron chi connectivity index (χ4n) is 3.05. The summed E-state index contributed by atoms with van der Waals surface area (Å²) in [6.07, 6.45) is 0.335. The van der Waals surface area contributed by atoms with Gasteiger partial charge in [-0.25, -0.2) is 4.79 Å². The lowest BCUT2D eigenvalue weighted by atomic mass is 9.89. The van der Waals surface area contributed by atoms with Crippen LogP contribution >= 0.6 is 23.2 Å².